The molecule has 4 rings (SSSR count). The van der Waals surface area contributed by atoms with Crippen molar-refractivity contribution in [1.29, 1.82) is 5.26 Å². The molecule has 0 bridgehead atoms. The summed E-state index contributed by atoms with van der Waals surface area (Å²) >= 11 is 0. The van der Waals surface area contributed by atoms with Gasteiger partial charge in [0.2, 0.25) is 0 Å². The predicted octanol–water partition coefficient (Wildman–Crippen LogP) is 6.79. The molecule has 0 saturated carbocycles. The average Bonchev–Trinajstić information content (AvgIpc) is 2.94. The Morgan fingerprint density at radius 1 is 1.00 bits per heavy atom. The summed E-state index contributed by atoms with van der Waals surface area (Å²) in [5, 5.41) is 9.02. The Morgan fingerprint density at radius 3 is 2.29 bits per heavy atom. The lowest BCUT2D eigenvalue weighted by Gasteiger charge is -2.44. The Kier molecular flexibility index (Phi) is 9.22. The van der Waals surface area contributed by atoms with Crippen LogP contribution in [0.3, 0.4) is 0 Å². The monoisotopic (exact) mass is 586 g/mol. The zero-order valence-corrected chi connectivity index (χ0v) is 25.4. The third-order valence-corrected chi connectivity index (χ3v) is 9.29. The number of cyclic esters (lactones) is 1. The van der Waals surface area contributed by atoms with E-state index in [1.807, 2.05) is 70.2 Å². The van der Waals surface area contributed by atoms with Crippen LogP contribution in [-0.4, -0.2) is 25.8 Å². The van der Waals surface area contributed by atoms with Gasteiger partial charge in [0.15, 0.2) is 5.78 Å². The Morgan fingerprint density at radius 2 is 1.69 bits per heavy atom. The first-order chi connectivity index (χ1) is 19.9. The molecule has 0 aromatic heterocycles. The smallest absolute Gasteiger partial charge is 0.317 e. The quantitative estimate of drug-likeness (QED) is 0.207. The fraction of sp³-hybridized carbons (Fsp3) is 0.382. The lowest BCUT2D eigenvalue weighted by Crippen LogP contribution is -2.51. The molecule has 1 aliphatic heterocycles. The second-order valence-electron chi connectivity index (χ2n) is 12.2. The van der Waals surface area contributed by atoms with E-state index >= 15 is 0 Å². The van der Waals surface area contributed by atoms with Gasteiger partial charge >= 0.3 is 5.97 Å². The fourth-order valence-electron chi connectivity index (χ4n) is 5.98. The number of benzene rings is 3. The Balaban J connectivity index is 1.60. The highest BCUT2D eigenvalue weighted by atomic mass is 32.2. The summed E-state index contributed by atoms with van der Waals surface area (Å²) in [6.45, 7) is 7.93. The number of anilines is 1. The van der Waals surface area contributed by atoms with E-state index in [-0.39, 0.29) is 17.1 Å². The number of esters is 1. The number of nitrogens with zero attached hydrogens (tertiary/aromatic N) is 1. The molecule has 3 atom stereocenters. The first-order valence-corrected chi connectivity index (χ1v) is 15.8. The second-order valence-corrected chi connectivity index (χ2v) is 13.9. The van der Waals surface area contributed by atoms with Crippen LogP contribution in [0.1, 0.15) is 76.0 Å². The maximum atomic E-state index is 13.9. The van der Waals surface area contributed by atoms with Crippen LogP contribution in [0.5, 0.6) is 0 Å². The van der Waals surface area contributed by atoms with Gasteiger partial charge in [0.1, 0.15) is 11.5 Å². The topological polar surface area (TPSA) is 113 Å². The van der Waals surface area contributed by atoms with Gasteiger partial charge in [-0.3, -0.25) is 14.3 Å². The molecule has 0 spiro atoms. The number of aryl methyl sites for hydroxylation is 1. The van der Waals surface area contributed by atoms with E-state index in [1.165, 1.54) is 24.3 Å². The Labute approximate surface area is 249 Å². The van der Waals surface area contributed by atoms with E-state index in [4.69, 9.17) is 10.00 Å². The molecule has 1 saturated heterocycles. The number of hydrogen-bond donors (Lipinski definition) is 1. The van der Waals surface area contributed by atoms with Gasteiger partial charge in [-0.05, 0) is 72.2 Å². The largest absolute Gasteiger partial charge is 0.458 e. The summed E-state index contributed by atoms with van der Waals surface area (Å²) in [6, 6.07) is 24.4. The highest BCUT2D eigenvalue weighted by Gasteiger charge is 2.51. The minimum Gasteiger partial charge on any atom is -0.458 e. The summed E-state index contributed by atoms with van der Waals surface area (Å²) < 4.78 is 34.9. The number of carbonyl (C=O) groups is 2. The third-order valence-electron chi connectivity index (χ3n) is 7.89. The lowest BCUT2D eigenvalue weighted by atomic mass is 9.65. The van der Waals surface area contributed by atoms with E-state index in [1.54, 1.807) is 18.2 Å². The molecule has 3 aromatic carbocycles. The van der Waals surface area contributed by atoms with E-state index in [0.29, 0.717) is 36.1 Å². The van der Waals surface area contributed by atoms with Crippen LogP contribution in [0.15, 0.2) is 83.8 Å². The van der Waals surface area contributed by atoms with E-state index in [2.05, 4.69) is 4.72 Å². The van der Waals surface area contributed by atoms with Crippen molar-refractivity contribution >= 4 is 27.5 Å². The Bertz CT molecular complexity index is 1550. The number of ketones is 1. The van der Waals surface area contributed by atoms with Gasteiger partial charge in [-0.1, -0.05) is 76.6 Å². The van der Waals surface area contributed by atoms with Crippen molar-refractivity contribution in [3.63, 3.8) is 0 Å². The zero-order valence-electron chi connectivity index (χ0n) is 24.6. The van der Waals surface area contributed by atoms with Crippen LogP contribution in [0.25, 0.3) is 0 Å². The van der Waals surface area contributed by atoms with E-state index in [9.17, 15) is 18.0 Å². The number of rotatable bonds is 10. The maximum Gasteiger partial charge on any atom is 0.317 e. The summed E-state index contributed by atoms with van der Waals surface area (Å²) in [5.41, 5.74) is 1.12. The number of Topliss-reactive ketones (excluding diaryl/α,β-unsaturated/α-hetero) is 1. The second kappa shape index (κ2) is 12.5. The number of sulfonamides is 1. The van der Waals surface area contributed by atoms with Crippen molar-refractivity contribution in [2.75, 3.05) is 4.72 Å². The minimum absolute atomic E-state index is 0.0214. The molecular formula is C34H38N2O5S. The van der Waals surface area contributed by atoms with Crippen LogP contribution < -0.4 is 4.72 Å². The molecule has 0 radical (unpaired) electrons. The minimum atomic E-state index is -3.93. The third kappa shape index (κ3) is 7.08. The molecular weight excluding hydrogens is 548 g/mol. The molecule has 42 heavy (non-hydrogen) atoms. The number of hydrogen-bond acceptors (Lipinski definition) is 6. The van der Waals surface area contributed by atoms with E-state index < -0.39 is 38.8 Å². The van der Waals surface area contributed by atoms with Crippen molar-refractivity contribution in [3.05, 3.63) is 95.6 Å². The highest BCUT2D eigenvalue weighted by molar-refractivity contribution is 7.92. The molecule has 220 valence electrons. The standard InChI is InChI=1S/C34H38N2O5S/c1-5-19-34(20-18-24-10-7-6-8-11-24)22-29(37)30(32(38)41-34)31(33(2,3)4)26-12-9-13-27(21-26)36-42(39,40)28-16-14-25(23-35)15-17-28/h6-17,21,30-31,36H,5,18-20,22H2,1-4H3. The number of carbonyl (C=O) groups excluding carboxylic acids is 2. The molecule has 1 aliphatic rings. The van der Waals surface area contributed by atoms with Crippen molar-refractivity contribution < 1.29 is 22.7 Å². The van der Waals surface area contributed by atoms with Crippen molar-refractivity contribution in [3.8, 4) is 6.07 Å². The SMILES string of the molecule is CCCC1(CCc2ccccc2)CC(=O)C(C(c2cccc(NS(=O)(=O)c3ccc(C#N)cc3)c2)C(C)(C)C)C(=O)O1. The van der Waals surface area contributed by atoms with Crippen LogP contribution in [-0.2, 0) is 30.8 Å². The molecule has 3 aromatic rings. The van der Waals surface area contributed by atoms with Gasteiger partial charge in [-0.2, -0.15) is 5.26 Å². The van der Waals surface area contributed by atoms with Gasteiger partial charge in [0, 0.05) is 18.0 Å². The normalized spacial score (nSPS) is 19.9. The molecule has 0 amide bonds. The molecule has 7 nitrogen and oxygen atoms in total. The number of nitriles is 1. The van der Waals surface area contributed by atoms with Gasteiger partial charge in [-0.15, -0.1) is 0 Å². The molecule has 3 unspecified atom stereocenters. The van der Waals surface area contributed by atoms with Crippen LogP contribution >= 0.6 is 0 Å². The summed E-state index contributed by atoms with van der Waals surface area (Å²) in [6.07, 6.45) is 2.82. The van der Waals surface area contributed by atoms with Crippen molar-refractivity contribution in [2.45, 2.75) is 76.2 Å². The van der Waals surface area contributed by atoms with Crippen LogP contribution in [0.4, 0.5) is 5.69 Å². The van der Waals surface area contributed by atoms with Gasteiger partial charge in [0.25, 0.3) is 10.0 Å². The highest BCUT2D eigenvalue weighted by Crippen LogP contribution is 2.47. The molecule has 1 fully saturated rings. The zero-order chi connectivity index (χ0) is 30.5. The van der Waals surface area contributed by atoms with Crippen molar-refractivity contribution in [1.82, 2.24) is 0 Å². The van der Waals surface area contributed by atoms with Crippen LogP contribution in [0.2, 0.25) is 0 Å². The first kappa shape index (κ1) is 31.0. The van der Waals surface area contributed by atoms with Crippen LogP contribution in [0, 0.1) is 22.7 Å². The predicted molar refractivity (Wildman–Crippen MR) is 162 cm³/mol. The molecule has 1 N–H and O–H groups in total. The summed E-state index contributed by atoms with van der Waals surface area (Å²) in [7, 11) is -3.93. The van der Waals surface area contributed by atoms with Gasteiger partial charge < -0.3 is 4.74 Å². The summed E-state index contributed by atoms with van der Waals surface area (Å²) in [4.78, 5) is 27.6. The maximum absolute atomic E-state index is 13.9. The molecule has 1 heterocycles. The Hall–Kier alpha value is -3.96. The average molecular weight is 587 g/mol. The van der Waals surface area contributed by atoms with Gasteiger partial charge in [0.05, 0.1) is 16.5 Å². The van der Waals surface area contributed by atoms with E-state index in [0.717, 1.165) is 12.0 Å². The number of ether oxygens (including phenoxy) is 1. The molecule has 8 heteroatoms. The van der Waals surface area contributed by atoms with Crippen molar-refractivity contribution in [2.24, 2.45) is 11.3 Å². The summed E-state index contributed by atoms with van der Waals surface area (Å²) in [5.74, 6) is -2.20. The fourth-order valence-corrected chi connectivity index (χ4v) is 7.03. The lowest BCUT2D eigenvalue weighted by molar-refractivity contribution is -0.182. The first-order valence-electron chi connectivity index (χ1n) is 14.3. The molecule has 0 aliphatic carbocycles. The van der Waals surface area contributed by atoms with Gasteiger partial charge in [-0.25, -0.2) is 8.42 Å². The number of nitrogens with one attached hydrogen (secondary N) is 1.